The zero-order valence-electron chi connectivity index (χ0n) is 8.18. The monoisotopic (exact) mass is 220 g/mol. The van der Waals surface area contributed by atoms with Crippen molar-refractivity contribution in [1.29, 1.82) is 0 Å². The Morgan fingerprint density at radius 1 is 1.53 bits per heavy atom. The Balaban J connectivity index is 2.20. The summed E-state index contributed by atoms with van der Waals surface area (Å²) in [5, 5.41) is 4.38. The van der Waals surface area contributed by atoms with Crippen molar-refractivity contribution < 1.29 is 0 Å². The molecule has 0 atom stereocenters. The van der Waals surface area contributed by atoms with Crippen molar-refractivity contribution in [3.63, 3.8) is 0 Å². The number of aromatic nitrogens is 1. The van der Waals surface area contributed by atoms with Crippen LogP contribution in [-0.4, -0.2) is 15.8 Å². The number of rotatable bonds is 3. The van der Waals surface area contributed by atoms with Crippen molar-refractivity contribution >= 4 is 23.0 Å². The van der Waals surface area contributed by atoms with Crippen LogP contribution < -0.4 is 11.2 Å². The van der Waals surface area contributed by atoms with E-state index in [-0.39, 0.29) is 5.11 Å². The molecule has 1 saturated carbocycles. The number of nitrogens with one attached hydrogen (secondary N) is 1. The highest BCUT2D eigenvalue weighted by atomic mass is 32.1. The van der Waals surface area contributed by atoms with E-state index in [1.165, 1.54) is 0 Å². The van der Waals surface area contributed by atoms with Crippen molar-refractivity contribution in [2.24, 2.45) is 16.8 Å². The lowest BCUT2D eigenvalue weighted by Crippen LogP contribution is -2.26. The van der Waals surface area contributed by atoms with Crippen LogP contribution in [0.1, 0.15) is 18.5 Å². The second-order valence-corrected chi connectivity index (χ2v) is 3.90. The molecule has 1 fully saturated rings. The summed E-state index contributed by atoms with van der Waals surface area (Å²) >= 11 is 4.71. The molecule has 1 heterocycles. The van der Waals surface area contributed by atoms with Gasteiger partial charge in [0.15, 0.2) is 5.11 Å². The van der Waals surface area contributed by atoms with Gasteiger partial charge in [0.05, 0.1) is 11.4 Å². The van der Waals surface area contributed by atoms with Gasteiger partial charge < -0.3 is 5.73 Å². The van der Waals surface area contributed by atoms with Crippen molar-refractivity contribution in [1.82, 2.24) is 10.4 Å². The minimum Gasteiger partial charge on any atom is -0.375 e. The third kappa shape index (κ3) is 2.73. The average molecular weight is 220 g/mol. The molecule has 0 spiro atoms. The Bertz CT molecular complexity index is 384. The minimum absolute atomic E-state index is 0.184. The number of nitrogens with two attached hydrogens (primary N) is 1. The van der Waals surface area contributed by atoms with Crippen molar-refractivity contribution in [3.8, 4) is 0 Å². The van der Waals surface area contributed by atoms with Gasteiger partial charge in [-0.3, -0.25) is 10.4 Å². The maximum absolute atomic E-state index is 5.33. The smallest absolute Gasteiger partial charge is 0.184 e. The molecule has 1 aliphatic rings. The number of thiocarbonyl (C=S) groups is 1. The van der Waals surface area contributed by atoms with Gasteiger partial charge in [-0.15, -0.1) is 0 Å². The highest BCUT2D eigenvalue weighted by Gasteiger charge is 2.29. The summed E-state index contributed by atoms with van der Waals surface area (Å²) in [5.74, 6) is 0.502. The third-order valence-electron chi connectivity index (χ3n) is 2.18. The topological polar surface area (TPSA) is 63.3 Å². The molecule has 0 saturated heterocycles. The molecule has 0 aliphatic heterocycles. The average Bonchev–Trinajstić information content (AvgIpc) is 3.03. The second-order valence-electron chi connectivity index (χ2n) is 3.46. The molecule has 1 aliphatic carbocycles. The summed E-state index contributed by atoms with van der Waals surface area (Å²) in [7, 11) is 0. The Morgan fingerprint density at radius 3 is 2.87 bits per heavy atom. The molecule has 1 aromatic heterocycles. The molecule has 0 bridgehead atoms. The Hall–Kier alpha value is -1.49. The number of nitrogens with zero attached hydrogens (tertiary/aromatic N) is 2. The number of hydrazone groups is 1. The number of hydrogen-bond donors (Lipinski definition) is 2. The molecule has 0 radical (unpaired) electrons. The maximum atomic E-state index is 5.33. The van der Waals surface area contributed by atoms with Crippen LogP contribution in [0, 0.1) is 5.92 Å². The van der Waals surface area contributed by atoms with Crippen LogP contribution in [0.25, 0.3) is 0 Å². The molecule has 5 heteroatoms. The van der Waals surface area contributed by atoms with E-state index in [0.29, 0.717) is 5.92 Å². The normalized spacial score (nSPS) is 16.1. The summed E-state index contributed by atoms with van der Waals surface area (Å²) in [5.41, 5.74) is 9.79. The van der Waals surface area contributed by atoms with Crippen molar-refractivity contribution in [2.45, 2.75) is 12.8 Å². The third-order valence-corrected chi connectivity index (χ3v) is 2.27. The summed E-state index contributed by atoms with van der Waals surface area (Å²) < 4.78 is 0. The quantitative estimate of drug-likeness (QED) is 0.453. The lowest BCUT2D eigenvalue weighted by molar-refractivity contribution is 0.990. The molecule has 15 heavy (non-hydrogen) atoms. The largest absolute Gasteiger partial charge is 0.375 e. The second kappa shape index (κ2) is 4.35. The fourth-order valence-corrected chi connectivity index (χ4v) is 1.39. The van der Waals surface area contributed by atoms with Crippen LogP contribution in [0.5, 0.6) is 0 Å². The molecule has 0 aromatic carbocycles. The van der Waals surface area contributed by atoms with Gasteiger partial charge in [-0.2, -0.15) is 5.10 Å². The van der Waals surface area contributed by atoms with E-state index in [9.17, 15) is 0 Å². The van der Waals surface area contributed by atoms with Crippen LogP contribution in [0.4, 0.5) is 0 Å². The first kappa shape index (κ1) is 10.0. The van der Waals surface area contributed by atoms with E-state index < -0.39 is 0 Å². The highest BCUT2D eigenvalue weighted by Crippen LogP contribution is 2.32. The van der Waals surface area contributed by atoms with Gasteiger partial charge >= 0.3 is 0 Å². The van der Waals surface area contributed by atoms with Crippen LogP contribution in [0.2, 0.25) is 0 Å². The van der Waals surface area contributed by atoms with Gasteiger partial charge in [0.2, 0.25) is 0 Å². The van der Waals surface area contributed by atoms with Crippen LogP contribution in [0.3, 0.4) is 0 Å². The predicted octanol–water partition coefficient (Wildman–Crippen LogP) is 1.03. The molecule has 4 nitrogen and oxygen atoms in total. The molecule has 3 N–H and O–H groups in total. The molecular formula is C10H12N4S. The summed E-state index contributed by atoms with van der Waals surface area (Å²) in [4.78, 5) is 4.26. The number of hydrogen-bond acceptors (Lipinski definition) is 3. The fourth-order valence-electron chi connectivity index (χ4n) is 1.34. The summed E-state index contributed by atoms with van der Waals surface area (Å²) in [6, 6.07) is 5.77. The van der Waals surface area contributed by atoms with E-state index >= 15 is 0 Å². The maximum Gasteiger partial charge on any atom is 0.184 e. The zero-order valence-corrected chi connectivity index (χ0v) is 9.00. The SMILES string of the molecule is NC(=S)N/N=C(/c1ccccn1)C1CC1. The van der Waals surface area contributed by atoms with Crippen LogP contribution >= 0.6 is 12.2 Å². The Kier molecular flexibility index (Phi) is 2.91. The molecule has 2 rings (SSSR count). The van der Waals surface area contributed by atoms with Crippen molar-refractivity contribution in [2.75, 3.05) is 0 Å². The lowest BCUT2D eigenvalue weighted by Gasteiger charge is -2.04. The van der Waals surface area contributed by atoms with Gasteiger partial charge in [0.1, 0.15) is 0 Å². The standard InChI is InChI=1S/C10H12N4S/c11-10(15)14-13-9(7-4-5-7)8-3-1-2-6-12-8/h1-3,6-7H,4-5H2,(H3,11,14,15)/b13-9+. The summed E-state index contributed by atoms with van der Waals surface area (Å²) in [6.45, 7) is 0. The zero-order chi connectivity index (χ0) is 10.7. The van der Waals surface area contributed by atoms with E-state index in [1.54, 1.807) is 6.20 Å². The van der Waals surface area contributed by atoms with E-state index in [0.717, 1.165) is 24.2 Å². The molecule has 1 aromatic rings. The number of pyridine rings is 1. The first-order valence-corrected chi connectivity index (χ1v) is 5.22. The first-order chi connectivity index (χ1) is 7.27. The van der Waals surface area contributed by atoms with E-state index in [4.69, 9.17) is 18.0 Å². The molecular weight excluding hydrogens is 208 g/mol. The predicted molar refractivity (Wildman–Crippen MR) is 63.4 cm³/mol. The van der Waals surface area contributed by atoms with Crippen LogP contribution in [-0.2, 0) is 0 Å². The highest BCUT2D eigenvalue weighted by molar-refractivity contribution is 7.80. The Labute approximate surface area is 93.6 Å². The van der Waals surface area contributed by atoms with Gasteiger partial charge in [0, 0.05) is 12.1 Å². The molecule has 0 unspecified atom stereocenters. The van der Waals surface area contributed by atoms with Gasteiger partial charge in [-0.1, -0.05) is 6.07 Å². The van der Waals surface area contributed by atoms with Gasteiger partial charge in [-0.25, -0.2) is 0 Å². The Morgan fingerprint density at radius 2 is 2.33 bits per heavy atom. The molecule has 0 amide bonds. The first-order valence-electron chi connectivity index (χ1n) is 4.82. The fraction of sp³-hybridized carbons (Fsp3) is 0.300. The lowest BCUT2D eigenvalue weighted by atomic mass is 10.1. The minimum atomic E-state index is 0.184. The van der Waals surface area contributed by atoms with Crippen molar-refractivity contribution in [3.05, 3.63) is 30.1 Å². The van der Waals surface area contributed by atoms with E-state index in [1.807, 2.05) is 18.2 Å². The van der Waals surface area contributed by atoms with E-state index in [2.05, 4.69) is 15.5 Å². The van der Waals surface area contributed by atoms with Gasteiger partial charge in [0.25, 0.3) is 0 Å². The van der Waals surface area contributed by atoms with Gasteiger partial charge in [-0.05, 0) is 37.2 Å². The molecule has 78 valence electrons. The summed E-state index contributed by atoms with van der Waals surface area (Å²) in [6.07, 6.45) is 4.08. The van der Waals surface area contributed by atoms with Crippen LogP contribution in [0.15, 0.2) is 29.5 Å².